The first-order valence-electron chi connectivity index (χ1n) is 7.26. The topological polar surface area (TPSA) is 89.5 Å². The normalized spacial score (nSPS) is 14.0. The number of methoxy groups -OCH3 is 2. The minimum atomic E-state index is -0.613. The lowest BCUT2D eigenvalue weighted by atomic mass is 10.2. The van der Waals surface area contributed by atoms with Crippen molar-refractivity contribution >= 4 is 22.6 Å². The van der Waals surface area contributed by atoms with Crippen molar-refractivity contribution in [2.75, 3.05) is 27.3 Å². The van der Waals surface area contributed by atoms with Gasteiger partial charge in [-0.05, 0) is 6.92 Å². The average Bonchev–Trinajstić information content (AvgIpc) is 2.91. The smallest absolute Gasteiger partial charge is 0.360 e. The van der Waals surface area contributed by atoms with Crippen molar-refractivity contribution in [1.29, 1.82) is 0 Å². The van der Waals surface area contributed by atoms with Gasteiger partial charge in [-0.15, -0.1) is 0 Å². The highest BCUT2D eigenvalue weighted by Crippen LogP contribution is 2.39. The Morgan fingerprint density at radius 3 is 2.74 bits per heavy atom. The van der Waals surface area contributed by atoms with Gasteiger partial charge in [0.1, 0.15) is 11.1 Å². The number of rotatable bonds is 3. The number of hydrogen-bond donors (Lipinski definition) is 1. The van der Waals surface area contributed by atoms with Crippen molar-refractivity contribution in [3.05, 3.63) is 28.3 Å². The van der Waals surface area contributed by atoms with Gasteiger partial charge in [-0.3, -0.25) is 4.79 Å². The fraction of sp³-hybridized carbons (Fsp3) is 0.400. The van der Waals surface area contributed by atoms with Crippen LogP contribution in [-0.2, 0) is 11.3 Å². The number of hydrogen-bond acceptors (Lipinski definition) is 6. The van der Waals surface area contributed by atoms with Crippen LogP contribution in [0.3, 0.4) is 0 Å². The predicted molar refractivity (Wildman–Crippen MR) is 84.5 cm³/mol. The zero-order chi connectivity index (χ0) is 16.7. The Balaban J connectivity index is 2.44. The van der Waals surface area contributed by atoms with Gasteiger partial charge < -0.3 is 18.9 Å². The standard InChI is InChI=1S/C15H18N4O4/c1-5-18-6-7-19-11(8(18)2)13(22-3)9-12(19)10(15(21)23-4)16-17-14(9)20/h2,5-7H2,1,3-4H3,(H,17,20). The molecule has 8 heteroatoms. The summed E-state index contributed by atoms with van der Waals surface area (Å²) in [5.41, 5.74) is 1.51. The van der Waals surface area contributed by atoms with Crippen molar-refractivity contribution in [2.45, 2.75) is 13.5 Å². The third kappa shape index (κ3) is 2.01. The van der Waals surface area contributed by atoms with E-state index in [1.807, 2.05) is 11.5 Å². The van der Waals surface area contributed by atoms with Crippen LogP contribution in [-0.4, -0.2) is 52.9 Å². The molecule has 0 radical (unpaired) electrons. The molecule has 1 aliphatic heterocycles. The first kappa shape index (κ1) is 15.1. The third-order valence-electron chi connectivity index (χ3n) is 4.15. The largest absolute Gasteiger partial charge is 0.494 e. The summed E-state index contributed by atoms with van der Waals surface area (Å²) >= 11 is 0. The Bertz CT molecular complexity index is 864. The van der Waals surface area contributed by atoms with Crippen LogP contribution in [0.2, 0.25) is 0 Å². The van der Waals surface area contributed by atoms with E-state index in [4.69, 9.17) is 9.47 Å². The van der Waals surface area contributed by atoms with E-state index in [1.165, 1.54) is 14.2 Å². The number of carbonyl (C=O) groups excluding carboxylic acids is 1. The molecule has 3 rings (SSSR count). The number of nitrogens with zero attached hydrogens (tertiary/aromatic N) is 3. The van der Waals surface area contributed by atoms with Crippen molar-refractivity contribution in [3.8, 4) is 5.75 Å². The Kier molecular flexibility index (Phi) is 3.59. The van der Waals surface area contributed by atoms with Crippen LogP contribution >= 0.6 is 0 Å². The first-order valence-corrected chi connectivity index (χ1v) is 7.26. The van der Waals surface area contributed by atoms with Gasteiger partial charge in [0.05, 0.1) is 25.4 Å². The highest BCUT2D eigenvalue weighted by atomic mass is 16.5. The Morgan fingerprint density at radius 1 is 1.39 bits per heavy atom. The van der Waals surface area contributed by atoms with Crippen molar-refractivity contribution in [2.24, 2.45) is 0 Å². The zero-order valence-electron chi connectivity index (χ0n) is 13.3. The van der Waals surface area contributed by atoms with E-state index in [9.17, 15) is 9.59 Å². The maximum Gasteiger partial charge on any atom is 0.360 e. The lowest BCUT2D eigenvalue weighted by Gasteiger charge is -2.32. The molecule has 0 unspecified atom stereocenters. The van der Waals surface area contributed by atoms with Gasteiger partial charge in [-0.1, -0.05) is 6.58 Å². The molecule has 3 heterocycles. The number of ether oxygens (including phenoxy) is 2. The van der Waals surface area contributed by atoms with E-state index in [0.29, 0.717) is 23.5 Å². The van der Waals surface area contributed by atoms with Gasteiger partial charge in [-0.25, -0.2) is 9.89 Å². The summed E-state index contributed by atoms with van der Waals surface area (Å²) in [6, 6.07) is 0. The molecule has 122 valence electrons. The average molecular weight is 318 g/mol. The van der Waals surface area contributed by atoms with Gasteiger partial charge in [0.15, 0.2) is 11.4 Å². The molecule has 0 saturated heterocycles. The van der Waals surface area contributed by atoms with E-state index >= 15 is 0 Å². The molecule has 1 aliphatic rings. The van der Waals surface area contributed by atoms with Crippen LogP contribution in [0.1, 0.15) is 23.1 Å². The molecule has 2 aromatic heterocycles. The minimum absolute atomic E-state index is 0.0596. The molecule has 0 bridgehead atoms. The predicted octanol–water partition coefficient (Wildman–Crippen LogP) is 0.826. The van der Waals surface area contributed by atoms with Gasteiger partial charge in [0.25, 0.3) is 5.56 Å². The molecule has 23 heavy (non-hydrogen) atoms. The molecule has 0 atom stereocenters. The van der Waals surface area contributed by atoms with Crippen LogP contribution < -0.4 is 10.3 Å². The van der Waals surface area contributed by atoms with Gasteiger partial charge >= 0.3 is 5.97 Å². The molecule has 8 nitrogen and oxygen atoms in total. The molecule has 1 N–H and O–H groups in total. The van der Waals surface area contributed by atoms with Crippen LogP contribution in [0.25, 0.3) is 16.6 Å². The number of aromatic amines is 1. The highest BCUT2D eigenvalue weighted by Gasteiger charge is 2.31. The highest BCUT2D eigenvalue weighted by molar-refractivity contribution is 6.04. The number of nitrogens with one attached hydrogen (secondary N) is 1. The van der Waals surface area contributed by atoms with E-state index in [1.54, 1.807) is 0 Å². The van der Waals surface area contributed by atoms with E-state index < -0.39 is 11.5 Å². The maximum atomic E-state index is 12.3. The van der Waals surface area contributed by atoms with E-state index in [2.05, 4.69) is 21.7 Å². The molecule has 0 fully saturated rings. The van der Waals surface area contributed by atoms with Gasteiger partial charge in [0, 0.05) is 19.6 Å². The molecule has 0 saturated carbocycles. The summed E-state index contributed by atoms with van der Waals surface area (Å²) in [5.74, 6) is -0.213. The number of aromatic nitrogens is 3. The molecular weight excluding hydrogens is 300 g/mol. The zero-order valence-corrected chi connectivity index (χ0v) is 13.3. The Hall–Kier alpha value is -2.77. The third-order valence-corrected chi connectivity index (χ3v) is 4.15. The Labute approximate surface area is 132 Å². The summed E-state index contributed by atoms with van der Waals surface area (Å²) in [6.07, 6.45) is 0. The minimum Gasteiger partial charge on any atom is -0.494 e. The maximum absolute atomic E-state index is 12.3. The van der Waals surface area contributed by atoms with Crippen molar-refractivity contribution in [3.63, 3.8) is 0 Å². The molecule has 0 spiro atoms. The summed E-state index contributed by atoms with van der Waals surface area (Å²) in [7, 11) is 2.77. The first-order chi connectivity index (χ1) is 11.0. The van der Waals surface area contributed by atoms with Crippen LogP contribution in [0.4, 0.5) is 0 Å². The lowest BCUT2D eigenvalue weighted by Crippen LogP contribution is -2.32. The monoisotopic (exact) mass is 318 g/mol. The van der Waals surface area contributed by atoms with E-state index in [-0.39, 0.29) is 11.1 Å². The van der Waals surface area contributed by atoms with E-state index in [0.717, 1.165) is 18.8 Å². The molecule has 0 aliphatic carbocycles. The Morgan fingerprint density at radius 2 is 2.13 bits per heavy atom. The molecule has 2 aromatic rings. The number of esters is 1. The lowest BCUT2D eigenvalue weighted by molar-refractivity contribution is 0.0594. The van der Waals surface area contributed by atoms with Crippen molar-refractivity contribution in [1.82, 2.24) is 19.7 Å². The number of H-pyrrole nitrogens is 1. The van der Waals surface area contributed by atoms with Crippen LogP contribution in [0.15, 0.2) is 11.4 Å². The second kappa shape index (κ2) is 5.45. The summed E-state index contributed by atoms with van der Waals surface area (Å²) in [5, 5.41) is 6.49. The fourth-order valence-electron chi connectivity index (χ4n) is 3.07. The van der Waals surface area contributed by atoms with Gasteiger partial charge in [0.2, 0.25) is 0 Å². The van der Waals surface area contributed by atoms with Crippen molar-refractivity contribution < 1.29 is 14.3 Å². The molecular formula is C15H18N4O4. The SMILES string of the molecule is C=C1c2c(OC)c3c(=O)[nH]nc(C(=O)OC)c3n2CCN1CC. The second-order valence-corrected chi connectivity index (χ2v) is 5.18. The number of likely N-dealkylation sites (N-methyl/N-ethyl adjacent to an activating group) is 1. The number of carbonyl (C=O) groups is 1. The second-order valence-electron chi connectivity index (χ2n) is 5.18. The van der Waals surface area contributed by atoms with Gasteiger partial charge in [-0.2, -0.15) is 5.10 Å². The summed E-state index contributed by atoms with van der Waals surface area (Å²) < 4.78 is 12.1. The quantitative estimate of drug-likeness (QED) is 0.843. The molecule has 0 amide bonds. The van der Waals surface area contributed by atoms with Crippen LogP contribution in [0.5, 0.6) is 5.75 Å². The summed E-state index contributed by atoms with van der Waals surface area (Å²) in [4.78, 5) is 26.4. The molecule has 0 aromatic carbocycles. The number of fused-ring (bicyclic) bond motifs is 3. The summed E-state index contributed by atoms with van der Waals surface area (Å²) in [6.45, 7) is 8.26. The fourth-order valence-corrected chi connectivity index (χ4v) is 3.07. The van der Waals surface area contributed by atoms with Crippen LogP contribution in [0, 0.1) is 0 Å².